The highest BCUT2D eigenvalue weighted by Gasteiger charge is 2.07. The SMILES string of the molecule is CN(C)c1cccc(NC(=O)c2ccc(C=CC(C)(C)C)cc2)c1. The molecule has 3 nitrogen and oxygen atoms in total. The molecule has 0 heterocycles. The molecule has 0 aromatic heterocycles. The zero-order chi connectivity index (χ0) is 17.7. The standard InChI is InChI=1S/C21H26N2O/c1-21(2,3)14-13-16-9-11-17(12-10-16)20(24)22-18-7-6-8-19(15-18)23(4)5/h6-15H,1-5H3,(H,22,24). The molecule has 0 aliphatic heterocycles. The second-order valence-electron chi connectivity index (χ2n) is 7.22. The average Bonchev–Trinajstić information content (AvgIpc) is 2.53. The summed E-state index contributed by atoms with van der Waals surface area (Å²) in [6, 6.07) is 15.4. The average molecular weight is 322 g/mol. The van der Waals surface area contributed by atoms with Gasteiger partial charge in [-0.15, -0.1) is 0 Å². The first-order valence-electron chi connectivity index (χ1n) is 8.13. The van der Waals surface area contributed by atoms with Crippen LogP contribution in [0.4, 0.5) is 11.4 Å². The van der Waals surface area contributed by atoms with Crippen molar-refractivity contribution in [2.45, 2.75) is 20.8 Å². The van der Waals surface area contributed by atoms with E-state index in [0.29, 0.717) is 5.56 Å². The molecule has 126 valence electrons. The van der Waals surface area contributed by atoms with E-state index in [-0.39, 0.29) is 11.3 Å². The van der Waals surface area contributed by atoms with Gasteiger partial charge in [-0.1, -0.05) is 51.1 Å². The van der Waals surface area contributed by atoms with Crippen molar-refractivity contribution >= 4 is 23.4 Å². The predicted molar refractivity (Wildman–Crippen MR) is 104 cm³/mol. The fourth-order valence-corrected chi connectivity index (χ4v) is 2.16. The second-order valence-corrected chi connectivity index (χ2v) is 7.22. The minimum atomic E-state index is -0.0998. The van der Waals surface area contributed by atoms with Crippen LogP contribution in [0.5, 0.6) is 0 Å². The van der Waals surface area contributed by atoms with E-state index >= 15 is 0 Å². The molecule has 0 bridgehead atoms. The second kappa shape index (κ2) is 7.35. The maximum absolute atomic E-state index is 12.4. The topological polar surface area (TPSA) is 32.3 Å². The van der Waals surface area contributed by atoms with Gasteiger partial charge < -0.3 is 10.2 Å². The Labute approximate surface area is 145 Å². The molecule has 1 N–H and O–H groups in total. The van der Waals surface area contributed by atoms with Gasteiger partial charge in [0.05, 0.1) is 0 Å². The van der Waals surface area contributed by atoms with Crippen LogP contribution in [0, 0.1) is 5.41 Å². The summed E-state index contributed by atoms with van der Waals surface area (Å²) >= 11 is 0. The Bertz CT molecular complexity index is 722. The minimum Gasteiger partial charge on any atom is -0.378 e. The number of rotatable bonds is 4. The third-order valence-corrected chi connectivity index (χ3v) is 3.57. The Morgan fingerprint density at radius 2 is 1.71 bits per heavy atom. The monoisotopic (exact) mass is 322 g/mol. The normalized spacial score (nSPS) is 11.5. The summed E-state index contributed by atoms with van der Waals surface area (Å²) < 4.78 is 0. The van der Waals surface area contributed by atoms with Crippen LogP contribution < -0.4 is 10.2 Å². The Balaban J connectivity index is 2.08. The molecule has 2 rings (SSSR count). The van der Waals surface area contributed by atoms with Crippen molar-refractivity contribution in [2.75, 3.05) is 24.3 Å². The van der Waals surface area contributed by atoms with Gasteiger partial charge in [-0.2, -0.15) is 0 Å². The number of hydrogen-bond acceptors (Lipinski definition) is 2. The molecule has 0 aliphatic rings. The van der Waals surface area contributed by atoms with Crippen LogP contribution in [-0.4, -0.2) is 20.0 Å². The number of carbonyl (C=O) groups excluding carboxylic acids is 1. The minimum absolute atomic E-state index is 0.0998. The zero-order valence-electron chi connectivity index (χ0n) is 15.1. The first-order chi connectivity index (χ1) is 11.2. The quantitative estimate of drug-likeness (QED) is 0.853. The summed E-state index contributed by atoms with van der Waals surface area (Å²) in [5, 5.41) is 2.95. The summed E-state index contributed by atoms with van der Waals surface area (Å²) in [6.07, 6.45) is 4.25. The number of anilines is 2. The van der Waals surface area contributed by atoms with Crippen LogP contribution in [0.2, 0.25) is 0 Å². The Kier molecular flexibility index (Phi) is 5.45. The van der Waals surface area contributed by atoms with E-state index in [1.165, 1.54) is 0 Å². The molecule has 0 unspecified atom stereocenters. The number of allylic oxidation sites excluding steroid dienone is 1. The highest BCUT2D eigenvalue weighted by atomic mass is 16.1. The van der Waals surface area contributed by atoms with Crippen molar-refractivity contribution in [2.24, 2.45) is 5.41 Å². The van der Waals surface area contributed by atoms with Crippen LogP contribution in [0.3, 0.4) is 0 Å². The summed E-state index contributed by atoms with van der Waals surface area (Å²) in [4.78, 5) is 14.4. The lowest BCUT2D eigenvalue weighted by atomic mass is 9.95. The fraction of sp³-hybridized carbons (Fsp3) is 0.286. The maximum atomic E-state index is 12.4. The molecular formula is C21H26N2O. The van der Waals surface area contributed by atoms with Crippen LogP contribution in [0.15, 0.2) is 54.6 Å². The highest BCUT2D eigenvalue weighted by Crippen LogP contribution is 2.19. The number of nitrogens with one attached hydrogen (secondary N) is 1. The highest BCUT2D eigenvalue weighted by molar-refractivity contribution is 6.04. The number of nitrogens with zero attached hydrogens (tertiary/aromatic N) is 1. The molecule has 24 heavy (non-hydrogen) atoms. The molecule has 3 heteroatoms. The molecule has 0 fully saturated rings. The molecule has 0 aliphatic carbocycles. The number of carbonyl (C=O) groups is 1. The van der Waals surface area contributed by atoms with Gasteiger partial charge in [-0.25, -0.2) is 0 Å². The van der Waals surface area contributed by atoms with E-state index in [1.54, 1.807) is 0 Å². The van der Waals surface area contributed by atoms with E-state index < -0.39 is 0 Å². The van der Waals surface area contributed by atoms with Gasteiger partial charge in [-0.05, 0) is 41.3 Å². The molecule has 0 saturated heterocycles. The fourth-order valence-electron chi connectivity index (χ4n) is 2.16. The lowest BCUT2D eigenvalue weighted by Crippen LogP contribution is -2.13. The zero-order valence-corrected chi connectivity index (χ0v) is 15.1. The summed E-state index contributed by atoms with van der Waals surface area (Å²) in [5.74, 6) is -0.0998. The van der Waals surface area contributed by atoms with Gasteiger partial charge in [0.1, 0.15) is 0 Å². The Morgan fingerprint density at radius 1 is 1.04 bits per heavy atom. The summed E-state index contributed by atoms with van der Waals surface area (Å²) in [7, 11) is 3.95. The first-order valence-corrected chi connectivity index (χ1v) is 8.13. The molecule has 0 spiro atoms. The lowest BCUT2D eigenvalue weighted by Gasteiger charge is -2.14. The first kappa shape index (κ1) is 17.8. The largest absolute Gasteiger partial charge is 0.378 e. The van der Waals surface area contributed by atoms with Crippen molar-refractivity contribution < 1.29 is 4.79 Å². The summed E-state index contributed by atoms with van der Waals surface area (Å²) in [5.41, 5.74) is 3.74. The lowest BCUT2D eigenvalue weighted by molar-refractivity contribution is 0.102. The van der Waals surface area contributed by atoms with Crippen LogP contribution >= 0.6 is 0 Å². The molecule has 2 aromatic carbocycles. The van der Waals surface area contributed by atoms with Gasteiger partial charge >= 0.3 is 0 Å². The van der Waals surface area contributed by atoms with E-state index in [0.717, 1.165) is 16.9 Å². The molecule has 0 atom stereocenters. The van der Waals surface area contributed by atoms with Gasteiger partial charge in [0, 0.05) is 31.0 Å². The molecular weight excluding hydrogens is 296 g/mol. The van der Waals surface area contributed by atoms with Gasteiger partial charge in [-0.3, -0.25) is 4.79 Å². The van der Waals surface area contributed by atoms with Gasteiger partial charge in [0.15, 0.2) is 0 Å². The van der Waals surface area contributed by atoms with E-state index in [9.17, 15) is 4.79 Å². The van der Waals surface area contributed by atoms with Crippen molar-refractivity contribution in [1.82, 2.24) is 0 Å². The Hall–Kier alpha value is -2.55. The van der Waals surface area contributed by atoms with E-state index in [2.05, 4.69) is 38.2 Å². The third kappa shape index (κ3) is 5.27. The molecule has 1 amide bonds. The van der Waals surface area contributed by atoms with Gasteiger partial charge in [0.2, 0.25) is 0 Å². The van der Waals surface area contributed by atoms with Crippen LogP contribution in [0.25, 0.3) is 6.08 Å². The van der Waals surface area contributed by atoms with Crippen molar-refractivity contribution in [3.05, 3.63) is 65.7 Å². The van der Waals surface area contributed by atoms with E-state index in [4.69, 9.17) is 0 Å². The van der Waals surface area contributed by atoms with Crippen LogP contribution in [-0.2, 0) is 0 Å². The molecule has 2 aromatic rings. The number of amides is 1. The van der Waals surface area contributed by atoms with Crippen molar-refractivity contribution in [1.29, 1.82) is 0 Å². The predicted octanol–water partition coefficient (Wildman–Crippen LogP) is 5.06. The Morgan fingerprint density at radius 3 is 2.29 bits per heavy atom. The molecule has 0 radical (unpaired) electrons. The van der Waals surface area contributed by atoms with Crippen molar-refractivity contribution in [3.8, 4) is 0 Å². The van der Waals surface area contributed by atoms with Gasteiger partial charge in [0.25, 0.3) is 5.91 Å². The molecule has 0 saturated carbocycles. The van der Waals surface area contributed by atoms with Crippen molar-refractivity contribution in [3.63, 3.8) is 0 Å². The number of hydrogen-bond donors (Lipinski definition) is 1. The van der Waals surface area contributed by atoms with Crippen LogP contribution in [0.1, 0.15) is 36.7 Å². The van der Waals surface area contributed by atoms with E-state index in [1.807, 2.05) is 67.5 Å². The maximum Gasteiger partial charge on any atom is 0.255 e. The summed E-state index contributed by atoms with van der Waals surface area (Å²) in [6.45, 7) is 6.48. The smallest absolute Gasteiger partial charge is 0.255 e. The third-order valence-electron chi connectivity index (χ3n) is 3.57. The number of benzene rings is 2.